The van der Waals surface area contributed by atoms with Gasteiger partial charge < -0.3 is 30.7 Å². The monoisotopic (exact) mass is 728 g/mol. The fraction of sp³-hybridized carbons (Fsp3) is 0.929. The average Bonchev–Trinajstić information content (AvgIpc) is 3.66. The minimum absolute atomic E-state index is 0.113. The summed E-state index contributed by atoms with van der Waals surface area (Å²) >= 11 is 1.65. The Morgan fingerprint density at radius 3 is 1.62 bits per heavy atom. The topological polar surface area (TPSA) is 116 Å². The van der Waals surface area contributed by atoms with Crippen LogP contribution in [0.2, 0.25) is 0 Å². The maximum absolute atomic E-state index is 11.5. The maximum atomic E-state index is 11.5. The van der Waals surface area contributed by atoms with E-state index in [1.54, 1.807) is 11.8 Å². The number of hydrogen-bond donors (Lipinski definition) is 2. The van der Waals surface area contributed by atoms with Crippen molar-refractivity contribution in [1.82, 2.24) is 4.90 Å². The third-order valence-electron chi connectivity index (χ3n) is 9.41. The van der Waals surface area contributed by atoms with Crippen LogP contribution in [-0.2, 0) is 19.1 Å². The molecule has 1 aliphatic heterocycles. The molecule has 1 rings (SSSR count). The second-order valence-electron chi connectivity index (χ2n) is 14.3. The largest absolute Gasteiger partial charge is 0.466 e. The summed E-state index contributed by atoms with van der Waals surface area (Å²) in [6.45, 7) is 12.0. The summed E-state index contributed by atoms with van der Waals surface area (Å²) in [6.07, 6.45) is 35.2. The van der Waals surface area contributed by atoms with E-state index in [0.717, 1.165) is 50.0 Å². The molecule has 0 bridgehead atoms. The van der Waals surface area contributed by atoms with Crippen molar-refractivity contribution in [2.24, 2.45) is 17.4 Å². The fourth-order valence-electron chi connectivity index (χ4n) is 6.01. The van der Waals surface area contributed by atoms with Crippen LogP contribution in [0, 0.1) is 5.92 Å². The van der Waals surface area contributed by atoms with Gasteiger partial charge in [0.1, 0.15) is 12.6 Å². The molecule has 7 nitrogen and oxygen atoms in total. The lowest BCUT2D eigenvalue weighted by Crippen LogP contribution is -2.22. The van der Waals surface area contributed by atoms with Gasteiger partial charge in [0.05, 0.1) is 19.1 Å². The molecule has 1 heterocycles. The van der Waals surface area contributed by atoms with Crippen LogP contribution in [0.4, 0.5) is 0 Å². The summed E-state index contributed by atoms with van der Waals surface area (Å²) in [4.78, 5) is 35.3. The molecule has 1 fully saturated rings. The Balaban J connectivity index is 0. The smallest absolute Gasteiger partial charge is 0.306 e. The van der Waals surface area contributed by atoms with Gasteiger partial charge in [-0.3, -0.25) is 4.79 Å². The lowest BCUT2D eigenvalue weighted by atomic mass is 9.95. The Labute approximate surface area is 315 Å². The van der Waals surface area contributed by atoms with E-state index in [-0.39, 0.29) is 12.0 Å². The van der Waals surface area contributed by atoms with Crippen molar-refractivity contribution in [2.75, 3.05) is 44.3 Å². The molecular weight excluding hydrogens is 643 g/mol. The summed E-state index contributed by atoms with van der Waals surface area (Å²) in [5, 5.41) is 0. The van der Waals surface area contributed by atoms with Crippen LogP contribution >= 0.6 is 11.8 Å². The molecule has 0 aliphatic carbocycles. The lowest BCUT2D eigenvalue weighted by Gasteiger charge is -2.12. The van der Waals surface area contributed by atoms with E-state index in [1.165, 1.54) is 161 Å². The molecule has 0 amide bonds. The van der Waals surface area contributed by atoms with E-state index in [1.807, 2.05) is 0 Å². The summed E-state index contributed by atoms with van der Waals surface area (Å²) in [5.74, 6) is 1.78. The lowest BCUT2D eigenvalue weighted by molar-refractivity contribution is -0.143. The number of thioether (sulfide) groups is 1. The predicted octanol–water partition coefficient (Wildman–Crippen LogP) is 10.4. The highest BCUT2D eigenvalue weighted by molar-refractivity contribution is 7.99. The number of aldehydes is 2. The van der Waals surface area contributed by atoms with Crippen molar-refractivity contribution < 1.29 is 19.1 Å². The quantitative estimate of drug-likeness (QED) is 0.0382. The Morgan fingerprint density at radius 2 is 1.14 bits per heavy atom. The number of hydrogen-bond acceptors (Lipinski definition) is 8. The molecule has 298 valence electrons. The Hall–Kier alpha value is -0.960. The number of nitrogens with zero attached hydrogens (tertiary/aromatic N) is 1. The second-order valence-corrected chi connectivity index (χ2v) is 15.6. The Bertz CT molecular complexity index is 694. The van der Waals surface area contributed by atoms with Gasteiger partial charge in [-0.2, -0.15) is 11.8 Å². The molecule has 2 atom stereocenters. The van der Waals surface area contributed by atoms with Crippen LogP contribution in [0.5, 0.6) is 0 Å². The maximum Gasteiger partial charge on any atom is 0.306 e. The SMILES string of the molecule is CCCCCCCCC(C=O)CCCCCC.CCCCCCCCCCCCOC(=O)CCSCCC(N)C=O.NCCCN1CCCC1. The Kier molecular flexibility index (Phi) is 45.2. The van der Waals surface area contributed by atoms with E-state index < -0.39 is 0 Å². The van der Waals surface area contributed by atoms with E-state index in [9.17, 15) is 14.4 Å². The van der Waals surface area contributed by atoms with Crippen LogP contribution in [0.15, 0.2) is 0 Å². The third-order valence-corrected chi connectivity index (χ3v) is 10.4. The van der Waals surface area contributed by atoms with Crippen molar-refractivity contribution in [3.8, 4) is 0 Å². The predicted molar refractivity (Wildman–Crippen MR) is 219 cm³/mol. The second kappa shape index (κ2) is 44.2. The third kappa shape index (κ3) is 41.5. The van der Waals surface area contributed by atoms with Gasteiger partial charge in [0.25, 0.3) is 0 Å². The van der Waals surface area contributed by atoms with E-state index in [0.29, 0.717) is 25.4 Å². The van der Waals surface area contributed by atoms with Gasteiger partial charge in [0, 0.05) is 11.7 Å². The zero-order valence-corrected chi connectivity index (χ0v) is 34.3. The zero-order chi connectivity index (χ0) is 37.2. The normalized spacial score (nSPS) is 13.9. The average molecular weight is 728 g/mol. The molecule has 1 aliphatic rings. The first-order valence-electron chi connectivity index (χ1n) is 21.3. The minimum atomic E-state index is -0.374. The molecule has 0 aromatic carbocycles. The van der Waals surface area contributed by atoms with Crippen molar-refractivity contribution in [3.63, 3.8) is 0 Å². The number of carbonyl (C=O) groups is 3. The van der Waals surface area contributed by atoms with E-state index in [4.69, 9.17) is 16.2 Å². The van der Waals surface area contributed by atoms with Gasteiger partial charge in [0.2, 0.25) is 0 Å². The summed E-state index contributed by atoms with van der Waals surface area (Å²) in [7, 11) is 0. The molecule has 1 saturated heterocycles. The zero-order valence-electron chi connectivity index (χ0n) is 33.5. The van der Waals surface area contributed by atoms with Gasteiger partial charge in [0.15, 0.2) is 0 Å². The molecule has 4 N–H and O–H groups in total. The van der Waals surface area contributed by atoms with E-state index >= 15 is 0 Å². The van der Waals surface area contributed by atoms with Crippen molar-refractivity contribution in [3.05, 3.63) is 0 Å². The first-order valence-corrected chi connectivity index (χ1v) is 22.5. The minimum Gasteiger partial charge on any atom is -0.466 e. The summed E-state index contributed by atoms with van der Waals surface area (Å²) in [5.41, 5.74) is 10.9. The molecule has 8 heteroatoms. The molecule has 0 radical (unpaired) electrons. The molecule has 50 heavy (non-hydrogen) atoms. The van der Waals surface area contributed by atoms with Crippen LogP contribution in [0.25, 0.3) is 0 Å². The van der Waals surface area contributed by atoms with E-state index in [2.05, 4.69) is 25.7 Å². The highest BCUT2D eigenvalue weighted by Gasteiger charge is 2.09. The van der Waals surface area contributed by atoms with Gasteiger partial charge in [-0.1, -0.05) is 143 Å². The Morgan fingerprint density at radius 1 is 0.660 bits per heavy atom. The van der Waals surface area contributed by atoms with Gasteiger partial charge in [-0.25, -0.2) is 0 Å². The van der Waals surface area contributed by atoms with Crippen molar-refractivity contribution in [1.29, 1.82) is 0 Å². The first-order chi connectivity index (χ1) is 24.5. The van der Waals surface area contributed by atoms with Crippen LogP contribution < -0.4 is 11.5 Å². The summed E-state index contributed by atoms with van der Waals surface area (Å²) < 4.78 is 5.23. The molecule has 2 unspecified atom stereocenters. The molecule has 0 aromatic heterocycles. The molecule has 0 spiro atoms. The highest BCUT2D eigenvalue weighted by Crippen LogP contribution is 2.17. The molecule has 0 aromatic rings. The van der Waals surface area contributed by atoms with Gasteiger partial charge in [-0.05, 0) is 76.9 Å². The number of unbranched alkanes of at least 4 members (excludes halogenated alkanes) is 17. The van der Waals surface area contributed by atoms with Crippen LogP contribution in [0.3, 0.4) is 0 Å². The van der Waals surface area contributed by atoms with Gasteiger partial charge >= 0.3 is 5.97 Å². The number of nitrogens with two attached hydrogens (primary N) is 2. The first kappa shape index (κ1) is 51.1. The van der Waals surface area contributed by atoms with Crippen molar-refractivity contribution in [2.45, 2.75) is 200 Å². The standard InChI is InChI=1S/C19H37NO3S.C16H32O.C7H16N2/c1-2-3-4-5-6-7-8-9-10-11-14-23-19(22)13-16-24-15-12-18(20)17-21;1-3-5-7-9-10-12-14-16(15-17)13-11-8-6-4-2;8-4-3-7-9-5-1-2-6-9/h17-18H,2-16,20H2,1H3;15-16H,3-14H2,1-2H3;1-8H2. The number of rotatable bonds is 34. The van der Waals surface area contributed by atoms with Crippen molar-refractivity contribution >= 4 is 30.3 Å². The number of carbonyl (C=O) groups excluding carboxylic acids is 3. The summed E-state index contributed by atoms with van der Waals surface area (Å²) in [6, 6.07) is -0.374. The van der Waals surface area contributed by atoms with Crippen LogP contribution in [0.1, 0.15) is 194 Å². The number of ether oxygens (including phenoxy) is 1. The van der Waals surface area contributed by atoms with Gasteiger partial charge in [-0.15, -0.1) is 0 Å². The highest BCUT2D eigenvalue weighted by atomic mass is 32.2. The molecule has 0 saturated carbocycles. The number of esters is 1. The fourth-order valence-corrected chi connectivity index (χ4v) is 6.97. The number of likely N-dealkylation sites (tertiary alicyclic amines) is 1. The van der Waals surface area contributed by atoms with Crippen LogP contribution in [-0.4, -0.2) is 73.8 Å². The molecular formula is C42H85N3O4S.